The van der Waals surface area contributed by atoms with Crippen LogP contribution in [-0.2, 0) is 4.79 Å². The molecule has 0 aliphatic heterocycles. The van der Waals surface area contributed by atoms with Gasteiger partial charge >= 0.3 is 0 Å². The number of aromatic hydroxyl groups is 2. The first-order chi connectivity index (χ1) is 11.1. The third-order valence-electron chi connectivity index (χ3n) is 4.26. The van der Waals surface area contributed by atoms with E-state index < -0.39 is 5.92 Å². The van der Waals surface area contributed by atoms with Crippen molar-refractivity contribution < 1.29 is 15.0 Å². The Morgan fingerprint density at radius 3 is 1.54 bits per heavy atom. The van der Waals surface area contributed by atoms with Crippen molar-refractivity contribution in [2.24, 2.45) is 0 Å². The highest BCUT2D eigenvalue weighted by Gasteiger charge is 2.30. The van der Waals surface area contributed by atoms with E-state index >= 15 is 0 Å². The summed E-state index contributed by atoms with van der Waals surface area (Å²) in [6, 6.07) is 7.37. The number of benzene rings is 2. The van der Waals surface area contributed by atoms with E-state index in [1.165, 1.54) is 4.90 Å². The fourth-order valence-electron chi connectivity index (χ4n) is 3.12. The maximum Gasteiger partial charge on any atom is 0.234 e. The van der Waals surface area contributed by atoms with E-state index in [0.29, 0.717) is 22.3 Å². The lowest BCUT2D eigenvalue weighted by atomic mass is 9.85. The highest BCUT2D eigenvalue weighted by Crippen LogP contribution is 2.40. The largest absolute Gasteiger partial charge is 0.507 e. The molecule has 24 heavy (non-hydrogen) atoms. The fraction of sp³-hybridized carbons (Fsp3) is 0.350. The molecular weight excluding hydrogens is 302 g/mol. The molecule has 2 rings (SSSR count). The van der Waals surface area contributed by atoms with Crippen LogP contribution in [0.25, 0.3) is 0 Å². The third-order valence-corrected chi connectivity index (χ3v) is 4.26. The summed E-state index contributed by atoms with van der Waals surface area (Å²) in [5.41, 5.74) is 4.38. The maximum atomic E-state index is 12.9. The van der Waals surface area contributed by atoms with Gasteiger partial charge in [0.15, 0.2) is 0 Å². The van der Waals surface area contributed by atoms with E-state index in [1.54, 1.807) is 14.1 Å². The van der Waals surface area contributed by atoms with Crippen LogP contribution in [0.3, 0.4) is 0 Å². The van der Waals surface area contributed by atoms with Gasteiger partial charge in [-0.15, -0.1) is 0 Å². The van der Waals surface area contributed by atoms with Crippen LogP contribution < -0.4 is 0 Å². The topological polar surface area (TPSA) is 60.8 Å². The second-order valence-electron chi connectivity index (χ2n) is 6.70. The summed E-state index contributed by atoms with van der Waals surface area (Å²) in [7, 11) is 3.35. The number of nitrogens with zero attached hydrogens (tertiary/aromatic N) is 1. The summed E-state index contributed by atoms with van der Waals surface area (Å²) in [5.74, 6) is -0.744. The Morgan fingerprint density at radius 1 is 0.833 bits per heavy atom. The first-order valence-corrected chi connectivity index (χ1v) is 7.94. The average molecular weight is 327 g/mol. The van der Waals surface area contributed by atoms with Crippen LogP contribution in [0, 0.1) is 27.7 Å². The molecule has 0 atom stereocenters. The molecule has 2 aromatic carbocycles. The van der Waals surface area contributed by atoms with Crippen LogP contribution in [-0.4, -0.2) is 35.1 Å². The number of carbonyl (C=O) groups excluding carboxylic acids is 1. The molecule has 0 bridgehead atoms. The number of phenolic OH excluding ortho intramolecular Hbond substituents is 2. The lowest BCUT2D eigenvalue weighted by Gasteiger charge is -2.25. The predicted molar refractivity (Wildman–Crippen MR) is 95.7 cm³/mol. The smallest absolute Gasteiger partial charge is 0.234 e. The van der Waals surface area contributed by atoms with Gasteiger partial charge < -0.3 is 15.1 Å². The molecule has 4 heteroatoms. The highest BCUT2D eigenvalue weighted by molar-refractivity contribution is 5.89. The zero-order chi connectivity index (χ0) is 18.2. The van der Waals surface area contributed by atoms with Crippen molar-refractivity contribution in [2.75, 3.05) is 14.1 Å². The molecule has 0 spiro atoms. The Balaban J connectivity index is 2.80. The normalized spacial score (nSPS) is 11.0. The quantitative estimate of drug-likeness (QED) is 0.906. The Bertz CT molecular complexity index is 736. The molecule has 0 saturated heterocycles. The number of hydrogen-bond acceptors (Lipinski definition) is 3. The predicted octanol–water partition coefficient (Wildman–Crippen LogP) is 3.55. The highest BCUT2D eigenvalue weighted by atomic mass is 16.3. The Kier molecular flexibility index (Phi) is 4.88. The number of aryl methyl sites for hydroxylation is 4. The van der Waals surface area contributed by atoms with Gasteiger partial charge in [0, 0.05) is 25.2 Å². The van der Waals surface area contributed by atoms with Gasteiger partial charge in [0.05, 0.1) is 5.92 Å². The van der Waals surface area contributed by atoms with Crippen LogP contribution in [0.2, 0.25) is 0 Å². The second kappa shape index (κ2) is 6.56. The average Bonchev–Trinajstić information content (AvgIpc) is 2.48. The minimum atomic E-state index is -0.753. The third kappa shape index (κ3) is 3.23. The number of carbonyl (C=O) groups is 1. The van der Waals surface area contributed by atoms with Gasteiger partial charge in [-0.25, -0.2) is 0 Å². The van der Waals surface area contributed by atoms with Crippen LogP contribution in [0.1, 0.15) is 39.3 Å². The molecule has 1 amide bonds. The molecule has 0 heterocycles. The van der Waals surface area contributed by atoms with E-state index in [0.717, 1.165) is 11.1 Å². The van der Waals surface area contributed by atoms with E-state index in [2.05, 4.69) is 0 Å². The molecule has 0 saturated carbocycles. The van der Waals surface area contributed by atoms with E-state index in [1.807, 2.05) is 52.0 Å². The Hall–Kier alpha value is -2.49. The molecular formula is C20H25NO3. The molecule has 0 aliphatic carbocycles. The van der Waals surface area contributed by atoms with Crippen LogP contribution >= 0.6 is 0 Å². The van der Waals surface area contributed by atoms with Crippen molar-refractivity contribution in [3.63, 3.8) is 0 Å². The fourth-order valence-corrected chi connectivity index (χ4v) is 3.12. The van der Waals surface area contributed by atoms with E-state index in [-0.39, 0.29) is 17.4 Å². The van der Waals surface area contributed by atoms with E-state index in [4.69, 9.17) is 0 Å². The second-order valence-corrected chi connectivity index (χ2v) is 6.70. The van der Waals surface area contributed by atoms with Crippen molar-refractivity contribution in [3.8, 4) is 11.5 Å². The van der Waals surface area contributed by atoms with Crippen molar-refractivity contribution in [3.05, 3.63) is 57.6 Å². The van der Waals surface area contributed by atoms with Gasteiger partial charge in [0.1, 0.15) is 11.5 Å². The summed E-state index contributed by atoms with van der Waals surface area (Å²) in [4.78, 5) is 14.4. The first-order valence-electron chi connectivity index (χ1n) is 7.94. The maximum absolute atomic E-state index is 12.9. The van der Waals surface area contributed by atoms with Crippen molar-refractivity contribution in [1.29, 1.82) is 0 Å². The van der Waals surface area contributed by atoms with Gasteiger partial charge in [-0.1, -0.05) is 35.4 Å². The lowest BCUT2D eigenvalue weighted by Crippen LogP contribution is -2.29. The number of amides is 1. The minimum absolute atomic E-state index is 0.0966. The minimum Gasteiger partial charge on any atom is -0.507 e. The van der Waals surface area contributed by atoms with E-state index in [9.17, 15) is 15.0 Å². The van der Waals surface area contributed by atoms with Crippen LogP contribution in [0.15, 0.2) is 24.3 Å². The van der Waals surface area contributed by atoms with Gasteiger partial charge in [-0.3, -0.25) is 4.79 Å². The van der Waals surface area contributed by atoms with Crippen LogP contribution in [0.5, 0.6) is 11.5 Å². The number of rotatable bonds is 3. The Labute approximate surface area is 143 Å². The number of phenols is 2. The Morgan fingerprint density at radius 2 is 1.21 bits per heavy atom. The molecule has 0 unspecified atom stereocenters. The molecule has 0 aliphatic rings. The molecule has 0 fully saturated rings. The monoisotopic (exact) mass is 327 g/mol. The van der Waals surface area contributed by atoms with Crippen LogP contribution in [0.4, 0.5) is 0 Å². The number of likely N-dealkylation sites (N-methyl/N-ethyl adjacent to an activating group) is 1. The first kappa shape index (κ1) is 17.9. The summed E-state index contributed by atoms with van der Waals surface area (Å²) < 4.78 is 0. The zero-order valence-electron chi connectivity index (χ0n) is 15.1. The number of hydrogen-bond donors (Lipinski definition) is 2. The molecule has 0 radical (unpaired) electrons. The lowest BCUT2D eigenvalue weighted by molar-refractivity contribution is -0.129. The molecule has 2 N–H and O–H groups in total. The van der Waals surface area contributed by atoms with Crippen molar-refractivity contribution in [1.82, 2.24) is 4.90 Å². The summed E-state index contributed by atoms with van der Waals surface area (Å²) in [5, 5.41) is 21.1. The van der Waals surface area contributed by atoms with Gasteiger partial charge in [-0.05, 0) is 38.8 Å². The molecule has 0 aromatic heterocycles. The van der Waals surface area contributed by atoms with Gasteiger partial charge in [-0.2, -0.15) is 0 Å². The summed E-state index contributed by atoms with van der Waals surface area (Å²) in [6.07, 6.45) is 0. The SMILES string of the molecule is Cc1cc(C)c(O)c(C(C(=O)N(C)C)c2cc(C)cc(C)c2O)c1. The van der Waals surface area contributed by atoms with Gasteiger partial charge in [0.25, 0.3) is 0 Å². The van der Waals surface area contributed by atoms with Crippen molar-refractivity contribution in [2.45, 2.75) is 33.6 Å². The summed E-state index contributed by atoms with van der Waals surface area (Å²) in [6.45, 7) is 7.47. The van der Waals surface area contributed by atoms with Crippen molar-refractivity contribution >= 4 is 5.91 Å². The standard InChI is InChI=1S/C20H25NO3/c1-11-7-13(3)18(22)15(9-11)17(20(24)21(5)6)16-10-12(2)8-14(4)19(16)23/h7-10,17,22-23H,1-6H3. The summed E-state index contributed by atoms with van der Waals surface area (Å²) >= 11 is 0. The molecule has 2 aromatic rings. The zero-order valence-corrected chi connectivity index (χ0v) is 15.1. The molecule has 4 nitrogen and oxygen atoms in total. The molecule has 128 valence electrons. The van der Waals surface area contributed by atoms with Gasteiger partial charge in [0.2, 0.25) is 5.91 Å².